The zero-order chi connectivity index (χ0) is 19.7. The first kappa shape index (κ1) is 18.8. The van der Waals surface area contributed by atoms with Crippen LogP contribution in [0.3, 0.4) is 0 Å². The molecule has 0 bridgehead atoms. The Morgan fingerprint density at radius 1 is 0.964 bits per heavy atom. The molecule has 4 rings (SSSR count). The Balaban J connectivity index is 1.76. The fourth-order valence-corrected chi connectivity index (χ4v) is 5.42. The summed E-state index contributed by atoms with van der Waals surface area (Å²) in [6, 6.07) is 20.9. The van der Waals surface area contributed by atoms with E-state index in [9.17, 15) is 12.8 Å². The number of fused-ring (bicyclic) bond motifs is 1. The summed E-state index contributed by atoms with van der Waals surface area (Å²) in [6.45, 7) is 2.37. The van der Waals surface area contributed by atoms with E-state index in [2.05, 4.69) is 6.07 Å². The van der Waals surface area contributed by atoms with Gasteiger partial charge in [0.25, 0.3) is 0 Å². The second-order valence-electron chi connectivity index (χ2n) is 7.22. The Bertz CT molecular complexity index is 1080. The molecular formula is C23H22FNO2S. The average Bonchev–Trinajstić information content (AvgIpc) is 2.70. The molecule has 0 saturated carbocycles. The molecule has 0 aromatic heterocycles. The van der Waals surface area contributed by atoms with Crippen LogP contribution >= 0.6 is 0 Å². The molecular weight excluding hydrogens is 373 g/mol. The summed E-state index contributed by atoms with van der Waals surface area (Å²) in [5.74, 6) is -0.295. The van der Waals surface area contributed by atoms with Crippen LogP contribution in [0.1, 0.15) is 28.3 Å². The lowest BCUT2D eigenvalue weighted by molar-refractivity contribution is 0.306. The number of benzene rings is 3. The molecule has 0 radical (unpaired) electrons. The summed E-state index contributed by atoms with van der Waals surface area (Å²) in [4.78, 5) is 0.307. The Morgan fingerprint density at radius 2 is 1.64 bits per heavy atom. The molecule has 1 atom stereocenters. The summed E-state index contributed by atoms with van der Waals surface area (Å²) in [5.41, 5.74) is 4.12. The predicted molar refractivity (Wildman–Crippen MR) is 108 cm³/mol. The highest BCUT2D eigenvalue weighted by Gasteiger charge is 2.36. The number of nitrogens with zero attached hydrogens (tertiary/aromatic N) is 1. The van der Waals surface area contributed by atoms with E-state index >= 15 is 0 Å². The van der Waals surface area contributed by atoms with Crippen LogP contribution in [-0.2, 0) is 22.9 Å². The van der Waals surface area contributed by atoms with Crippen molar-refractivity contribution in [2.24, 2.45) is 0 Å². The Labute approximate surface area is 165 Å². The van der Waals surface area contributed by atoms with Gasteiger partial charge in [0.05, 0.1) is 10.9 Å². The topological polar surface area (TPSA) is 37.4 Å². The fourth-order valence-electron chi connectivity index (χ4n) is 3.82. The van der Waals surface area contributed by atoms with Crippen molar-refractivity contribution >= 4 is 10.0 Å². The smallest absolute Gasteiger partial charge is 0.207 e. The van der Waals surface area contributed by atoms with Crippen molar-refractivity contribution in [2.45, 2.75) is 30.7 Å². The van der Waals surface area contributed by atoms with Gasteiger partial charge in [0.2, 0.25) is 10.0 Å². The van der Waals surface area contributed by atoms with Gasteiger partial charge in [-0.05, 0) is 60.7 Å². The Morgan fingerprint density at radius 3 is 2.36 bits per heavy atom. The van der Waals surface area contributed by atoms with Crippen LogP contribution in [-0.4, -0.2) is 19.3 Å². The van der Waals surface area contributed by atoms with Crippen LogP contribution in [0.15, 0.2) is 77.7 Å². The molecule has 0 aliphatic carbocycles. The van der Waals surface area contributed by atoms with Gasteiger partial charge in [-0.25, -0.2) is 12.8 Å². The van der Waals surface area contributed by atoms with Gasteiger partial charge in [-0.2, -0.15) is 4.31 Å². The van der Waals surface area contributed by atoms with Crippen molar-refractivity contribution in [3.63, 3.8) is 0 Å². The summed E-state index contributed by atoms with van der Waals surface area (Å²) in [7, 11) is -3.64. The third-order valence-corrected chi connectivity index (χ3v) is 7.26. The maximum Gasteiger partial charge on any atom is 0.243 e. The lowest BCUT2D eigenvalue weighted by atomic mass is 9.90. The van der Waals surface area contributed by atoms with Crippen LogP contribution in [0.5, 0.6) is 0 Å². The second-order valence-corrected chi connectivity index (χ2v) is 9.11. The van der Waals surface area contributed by atoms with E-state index < -0.39 is 10.0 Å². The van der Waals surface area contributed by atoms with E-state index in [4.69, 9.17) is 0 Å². The Kier molecular flexibility index (Phi) is 5.04. The first-order valence-corrected chi connectivity index (χ1v) is 10.8. The third kappa shape index (κ3) is 3.60. The Hall–Kier alpha value is -2.50. The summed E-state index contributed by atoms with van der Waals surface area (Å²) in [5, 5.41) is 0. The molecule has 3 aromatic rings. The molecule has 1 aliphatic heterocycles. The van der Waals surface area contributed by atoms with E-state index in [1.807, 2.05) is 37.3 Å². The standard InChI is InChI=1S/C23H22FNO2S/c1-17-6-12-21(13-7-17)28(26,27)25-15-14-19-4-2-3-5-22(19)23(25)16-18-8-10-20(24)11-9-18/h2-13,23H,14-16H2,1H3. The van der Waals surface area contributed by atoms with E-state index in [1.165, 1.54) is 17.7 Å². The van der Waals surface area contributed by atoms with Crippen LogP contribution in [0, 0.1) is 12.7 Å². The zero-order valence-electron chi connectivity index (χ0n) is 15.7. The quantitative estimate of drug-likeness (QED) is 0.644. The third-order valence-electron chi connectivity index (χ3n) is 5.33. The summed E-state index contributed by atoms with van der Waals surface area (Å²) in [6.07, 6.45) is 1.18. The molecule has 144 valence electrons. The summed E-state index contributed by atoms with van der Waals surface area (Å²) < 4.78 is 41.8. The van der Waals surface area contributed by atoms with Crippen molar-refractivity contribution < 1.29 is 12.8 Å². The number of halogens is 1. The minimum Gasteiger partial charge on any atom is -0.207 e. The maximum atomic E-state index is 13.4. The summed E-state index contributed by atoms with van der Waals surface area (Å²) >= 11 is 0. The number of sulfonamides is 1. The van der Waals surface area contributed by atoms with Crippen molar-refractivity contribution in [3.05, 3.63) is 101 Å². The van der Waals surface area contributed by atoms with Crippen molar-refractivity contribution in [1.29, 1.82) is 0 Å². The van der Waals surface area contributed by atoms with Crippen molar-refractivity contribution in [3.8, 4) is 0 Å². The molecule has 3 aromatic carbocycles. The van der Waals surface area contributed by atoms with Gasteiger partial charge < -0.3 is 0 Å². The van der Waals surface area contributed by atoms with Gasteiger partial charge in [0.1, 0.15) is 5.82 Å². The molecule has 0 amide bonds. The number of aryl methyl sites for hydroxylation is 1. The minimum atomic E-state index is -3.64. The van der Waals surface area contributed by atoms with E-state index in [1.54, 1.807) is 28.6 Å². The van der Waals surface area contributed by atoms with Gasteiger partial charge in [-0.15, -0.1) is 0 Å². The largest absolute Gasteiger partial charge is 0.243 e. The van der Waals surface area contributed by atoms with Gasteiger partial charge in [-0.1, -0.05) is 54.1 Å². The highest BCUT2D eigenvalue weighted by atomic mass is 32.2. The normalized spacial score (nSPS) is 17.3. The molecule has 1 heterocycles. The molecule has 5 heteroatoms. The SMILES string of the molecule is Cc1ccc(S(=O)(=O)N2CCc3ccccc3C2Cc2ccc(F)cc2)cc1. The molecule has 0 spiro atoms. The first-order chi connectivity index (χ1) is 13.4. The molecule has 0 saturated heterocycles. The van der Waals surface area contributed by atoms with Gasteiger partial charge in [-0.3, -0.25) is 0 Å². The van der Waals surface area contributed by atoms with Gasteiger partial charge in [0, 0.05) is 6.54 Å². The molecule has 1 aliphatic rings. The van der Waals surface area contributed by atoms with Crippen LogP contribution in [0.4, 0.5) is 4.39 Å². The minimum absolute atomic E-state index is 0.295. The fraction of sp³-hybridized carbons (Fsp3) is 0.217. The lowest BCUT2D eigenvalue weighted by Crippen LogP contribution is -2.41. The van der Waals surface area contributed by atoms with Crippen molar-refractivity contribution in [1.82, 2.24) is 4.31 Å². The van der Waals surface area contributed by atoms with Gasteiger partial charge >= 0.3 is 0 Å². The lowest BCUT2D eigenvalue weighted by Gasteiger charge is -2.36. The van der Waals surface area contributed by atoms with Crippen LogP contribution < -0.4 is 0 Å². The molecule has 28 heavy (non-hydrogen) atoms. The van der Waals surface area contributed by atoms with Crippen molar-refractivity contribution in [2.75, 3.05) is 6.54 Å². The number of hydrogen-bond donors (Lipinski definition) is 0. The molecule has 1 unspecified atom stereocenters. The molecule has 0 fully saturated rings. The average molecular weight is 395 g/mol. The van der Waals surface area contributed by atoms with E-state index in [0.717, 1.165) is 16.7 Å². The first-order valence-electron chi connectivity index (χ1n) is 9.36. The number of rotatable bonds is 4. The molecule has 0 N–H and O–H groups in total. The van der Waals surface area contributed by atoms with E-state index in [0.29, 0.717) is 24.3 Å². The van der Waals surface area contributed by atoms with Gasteiger partial charge in [0.15, 0.2) is 0 Å². The monoisotopic (exact) mass is 395 g/mol. The predicted octanol–water partition coefficient (Wildman–Crippen LogP) is 4.66. The maximum absolute atomic E-state index is 13.4. The zero-order valence-corrected chi connectivity index (χ0v) is 16.5. The highest BCUT2D eigenvalue weighted by Crippen LogP contribution is 2.36. The second kappa shape index (κ2) is 7.49. The number of hydrogen-bond acceptors (Lipinski definition) is 2. The highest BCUT2D eigenvalue weighted by molar-refractivity contribution is 7.89. The van der Waals surface area contributed by atoms with Crippen LogP contribution in [0.2, 0.25) is 0 Å². The molecule has 3 nitrogen and oxygen atoms in total. The van der Waals surface area contributed by atoms with Crippen LogP contribution in [0.25, 0.3) is 0 Å². The van der Waals surface area contributed by atoms with E-state index in [-0.39, 0.29) is 11.9 Å².